The summed E-state index contributed by atoms with van der Waals surface area (Å²) in [5.41, 5.74) is 0.531. The fourth-order valence-corrected chi connectivity index (χ4v) is 1.13. The highest BCUT2D eigenvalue weighted by molar-refractivity contribution is 5.88. The minimum atomic E-state index is -0.296. The molecule has 1 heterocycles. The number of ether oxygens (including phenoxy) is 1. The Labute approximate surface area is 83.9 Å². The van der Waals surface area contributed by atoms with Gasteiger partial charge in [-0.15, -0.1) is 0 Å². The Morgan fingerprint density at radius 2 is 2.36 bits per heavy atom. The Bertz CT molecular complexity index is 294. The SMILES string of the molecule is CCCCn1cc(C(=O)OCC)cn1. The first-order valence-corrected chi connectivity index (χ1v) is 4.97. The molecule has 0 atom stereocenters. The lowest BCUT2D eigenvalue weighted by Gasteiger charge is -1.98. The third-order valence-corrected chi connectivity index (χ3v) is 1.89. The number of aryl methyl sites for hydroxylation is 1. The molecule has 0 spiro atoms. The minimum absolute atomic E-state index is 0.296. The molecular weight excluding hydrogens is 180 g/mol. The molecule has 4 heteroatoms. The zero-order valence-corrected chi connectivity index (χ0v) is 8.69. The van der Waals surface area contributed by atoms with E-state index in [-0.39, 0.29) is 5.97 Å². The van der Waals surface area contributed by atoms with Crippen LogP contribution in [0.25, 0.3) is 0 Å². The maximum atomic E-state index is 11.3. The molecule has 0 unspecified atom stereocenters. The van der Waals surface area contributed by atoms with Crippen molar-refractivity contribution in [1.29, 1.82) is 0 Å². The van der Waals surface area contributed by atoms with Crippen molar-refractivity contribution in [2.24, 2.45) is 0 Å². The summed E-state index contributed by atoms with van der Waals surface area (Å²) in [5.74, 6) is -0.296. The minimum Gasteiger partial charge on any atom is -0.462 e. The molecule has 0 amide bonds. The Hall–Kier alpha value is -1.32. The van der Waals surface area contributed by atoms with Crippen molar-refractivity contribution in [2.75, 3.05) is 6.61 Å². The molecule has 0 aromatic carbocycles. The van der Waals surface area contributed by atoms with E-state index in [1.54, 1.807) is 24.0 Å². The fourth-order valence-electron chi connectivity index (χ4n) is 1.13. The first-order chi connectivity index (χ1) is 6.77. The predicted molar refractivity (Wildman–Crippen MR) is 53.1 cm³/mol. The Morgan fingerprint density at radius 3 is 3.00 bits per heavy atom. The third kappa shape index (κ3) is 2.87. The maximum absolute atomic E-state index is 11.3. The molecule has 0 radical (unpaired) electrons. The molecule has 0 aliphatic heterocycles. The van der Waals surface area contributed by atoms with Crippen LogP contribution in [0.4, 0.5) is 0 Å². The van der Waals surface area contributed by atoms with E-state index in [2.05, 4.69) is 12.0 Å². The Kier molecular flexibility index (Phi) is 4.16. The van der Waals surface area contributed by atoms with Gasteiger partial charge >= 0.3 is 5.97 Å². The predicted octanol–water partition coefficient (Wildman–Crippen LogP) is 1.86. The second kappa shape index (κ2) is 5.42. The summed E-state index contributed by atoms with van der Waals surface area (Å²) >= 11 is 0. The highest BCUT2D eigenvalue weighted by Gasteiger charge is 2.08. The van der Waals surface area contributed by atoms with Gasteiger partial charge in [-0.1, -0.05) is 13.3 Å². The number of aromatic nitrogens is 2. The van der Waals surface area contributed by atoms with Crippen molar-refractivity contribution in [3.63, 3.8) is 0 Å². The molecule has 0 aliphatic rings. The molecule has 0 bridgehead atoms. The van der Waals surface area contributed by atoms with Crippen LogP contribution in [-0.2, 0) is 11.3 Å². The van der Waals surface area contributed by atoms with Crippen LogP contribution in [0.2, 0.25) is 0 Å². The number of hydrogen-bond acceptors (Lipinski definition) is 3. The Morgan fingerprint density at radius 1 is 1.57 bits per heavy atom. The van der Waals surface area contributed by atoms with Gasteiger partial charge in [0.05, 0.1) is 18.4 Å². The van der Waals surface area contributed by atoms with Crippen LogP contribution in [0, 0.1) is 0 Å². The molecule has 0 aliphatic carbocycles. The number of carbonyl (C=O) groups is 1. The molecular formula is C10H16N2O2. The molecule has 0 fully saturated rings. The topological polar surface area (TPSA) is 44.1 Å². The van der Waals surface area contributed by atoms with Crippen molar-refractivity contribution >= 4 is 5.97 Å². The van der Waals surface area contributed by atoms with Crippen LogP contribution >= 0.6 is 0 Å². The monoisotopic (exact) mass is 196 g/mol. The third-order valence-electron chi connectivity index (χ3n) is 1.89. The summed E-state index contributed by atoms with van der Waals surface area (Å²) in [4.78, 5) is 11.3. The van der Waals surface area contributed by atoms with Crippen LogP contribution in [0.3, 0.4) is 0 Å². The summed E-state index contributed by atoms with van der Waals surface area (Å²) in [6, 6.07) is 0. The zero-order chi connectivity index (χ0) is 10.4. The number of unbranched alkanes of at least 4 members (excludes halogenated alkanes) is 1. The van der Waals surface area contributed by atoms with Crippen LogP contribution in [0.15, 0.2) is 12.4 Å². The number of hydrogen-bond donors (Lipinski definition) is 0. The molecule has 0 N–H and O–H groups in total. The smallest absolute Gasteiger partial charge is 0.341 e. The van der Waals surface area contributed by atoms with E-state index in [4.69, 9.17) is 4.74 Å². The van der Waals surface area contributed by atoms with Gasteiger partial charge in [0.15, 0.2) is 0 Å². The maximum Gasteiger partial charge on any atom is 0.341 e. The zero-order valence-electron chi connectivity index (χ0n) is 8.69. The van der Waals surface area contributed by atoms with Gasteiger partial charge in [0.25, 0.3) is 0 Å². The van der Waals surface area contributed by atoms with Gasteiger partial charge in [-0.3, -0.25) is 4.68 Å². The fraction of sp³-hybridized carbons (Fsp3) is 0.600. The van der Waals surface area contributed by atoms with Gasteiger partial charge in [-0.25, -0.2) is 4.79 Å². The standard InChI is InChI=1S/C10H16N2O2/c1-3-5-6-12-8-9(7-11-12)10(13)14-4-2/h7-8H,3-6H2,1-2H3. The van der Waals surface area contributed by atoms with Crippen molar-refractivity contribution < 1.29 is 9.53 Å². The second-order valence-electron chi connectivity index (χ2n) is 3.07. The van der Waals surface area contributed by atoms with E-state index >= 15 is 0 Å². The lowest BCUT2D eigenvalue weighted by atomic mass is 10.3. The summed E-state index contributed by atoms with van der Waals surface area (Å²) in [6.07, 6.45) is 5.47. The summed E-state index contributed by atoms with van der Waals surface area (Å²) in [7, 11) is 0. The normalized spacial score (nSPS) is 10.1. The Balaban J connectivity index is 2.54. The largest absolute Gasteiger partial charge is 0.462 e. The first-order valence-electron chi connectivity index (χ1n) is 4.97. The van der Waals surface area contributed by atoms with Crippen LogP contribution in [0.1, 0.15) is 37.0 Å². The average molecular weight is 196 g/mol. The van der Waals surface area contributed by atoms with Crippen molar-refractivity contribution in [1.82, 2.24) is 9.78 Å². The van der Waals surface area contributed by atoms with E-state index in [0.29, 0.717) is 12.2 Å². The van der Waals surface area contributed by atoms with Gasteiger partial charge < -0.3 is 4.74 Å². The molecule has 4 nitrogen and oxygen atoms in total. The van der Waals surface area contributed by atoms with Gasteiger partial charge in [0.2, 0.25) is 0 Å². The molecule has 0 saturated heterocycles. The van der Waals surface area contributed by atoms with Gasteiger partial charge in [0.1, 0.15) is 0 Å². The van der Waals surface area contributed by atoms with Gasteiger partial charge in [-0.05, 0) is 13.3 Å². The summed E-state index contributed by atoms with van der Waals surface area (Å²) in [5, 5.41) is 4.07. The average Bonchev–Trinajstić information content (AvgIpc) is 2.63. The van der Waals surface area contributed by atoms with E-state index in [9.17, 15) is 4.79 Å². The molecule has 1 aromatic heterocycles. The molecule has 14 heavy (non-hydrogen) atoms. The van der Waals surface area contributed by atoms with E-state index in [0.717, 1.165) is 19.4 Å². The highest BCUT2D eigenvalue weighted by atomic mass is 16.5. The van der Waals surface area contributed by atoms with E-state index in [1.165, 1.54) is 0 Å². The molecule has 1 rings (SSSR count). The van der Waals surface area contributed by atoms with Crippen LogP contribution in [-0.4, -0.2) is 22.4 Å². The van der Waals surface area contributed by atoms with Crippen LogP contribution in [0.5, 0.6) is 0 Å². The number of esters is 1. The van der Waals surface area contributed by atoms with Gasteiger partial charge in [0, 0.05) is 12.7 Å². The number of nitrogens with zero attached hydrogens (tertiary/aromatic N) is 2. The molecule has 1 aromatic rings. The van der Waals surface area contributed by atoms with E-state index < -0.39 is 0 Å². The highest BCUT2D eigenvalue weighted by Crippen LogP contribution is 2.02. The quantitative estimate of drug-likeness (QED) is 0.675. The lowest BCUT2D eigenvalue weighted by molar-refractivity contribution is 0.0526. The van der Waals surface area contributed by atoms with Crippen molar-refractivity contribution in [2.45, 2.75) is 33.2 Å². The molecule has 78 valence electrons. The van der Waals surface area contributed by atoms with Crippen molar-refractivity contribution in [3.8, 4) is 0 Å². The van der Waals surface area contributed by atoms with Crippen molar-refractivity contribution in [3.05, 3.63) is 18.0 Å². The summed E-state index contributed by atoms with van der Waals surface area (Å²) in [6.45, 7) is 5.17. The van der Waals surface area contributed by atoms with Crippen LogP contribution < -0.4 is 0 Å². The number of rotatable bonds is 5. The second-order valence-corrected chi connectivity index (χ2v) is 3.07. The molecule has 0 saturated carbocycles. The van der Waals surface area contributed by atoms with Gasteiger partial charge in [-0.2, -0.15) is 5.10 Å². The first kappa shape index (κ1) is 10.8. The van der Waals surface area contributed by atoms with E-state index in [1.807, 2.05) is 0 Å². The number of carbonyl (C=O) groups excluding carboxylic acids is 1. The lowest BCUT2D eigenvalue weighted by Crippen LogP contribution is -2.03. The summed E-state index contributed by atoms with van der Waals surface area (Å²) < 4.78 is 6.63.